The average Bonchev–Trinajstić information content (AvgIpc) is 3.03. The van der Waals surface area contributed by atoms with E-state index in [-0.39, 0.29) is 29.5 Å². The average molecular weight is 671 g/mol. The van der Waals surface area contributed by atoms with Crippen molar-refractivity contribution in [3.63, 3.8) is 0 Å². The molecule has 0 heterocycles. The first kappa shape index (κ1) is 34.0. The molecule has 0 bridgehead atoms. The lowest BCUT2D eigenvalue weighted by atomic mass is 10.0. The minimum Gasteiger partial charge on any atom is -0.354 e. The van der Waals surface area contributed by atoms with Gasteiger partial charge in [-0.15, -0.1) is 0 Å². The normalized spacial score (nSPS) is 11.9. The highest BCUT2D eigenvalue weighted by molar-refractivity contribution is 7.92. The number of benzene rings is 4. The van der Waals surface area contributed by atoms with E-state index in [1.165, 1.54) is 4.90 Å². The molecule has 7 nitrogen and oxygen atoms in total. The summed E-state index contributed by atoms with van der Waals surface area (Å²) in [5.41, 5.74) is 1.57. The number of carbonyl (C=O) groups is 2. The van der Waals surface area contributed by atoms with Crippen LogP contribution >= 0.6 is 23.2 Å². The molecular weight excluding hydrogens is 636 g/mol. The van der Waals surface area contributed by atoms with Gasteiger partial charge in [-0.1, -0.05) is 91.1 Å². The molecule has 4 aromatic carbocycles. The molecule has 2 amide bonds. The Labute approximate surface area is 273 Å². The summed E-state index contributed by atoms with van der Waals surface area (Å²) in [6.07, 6.45) is 1.78. The molecule has 236 valence electrons. The van der Waals surface area contributed by atoms with E-state index in [0.29, 0.717) is 22.2 Å². The third-order valence-electron chi connectivity index (χ3n) is 7.18. The first-order valence-corrected chi connectivity index (χ1v) is 16.7. The molecule has 4 aromatic rings. The third-order valence-corrected chi connectivity index (χ3v) is 9.56. The Balaban J connectivity index is 1.79. The van der Waals surface area contributed by atoms with Crippen LogP contribution in [-0.2, 0) is 32.6 Å². The number of nitrogens with zero attached hydrogens (tertiary/aromatic N) is 2. The number of unbranched alkanes of at least 4 members (excludes halogenated alkanes) is 1. The standard InChI is InChI=1S/C34H34Cl2FN3O4S/c1-2-3-20-38-34(42)32(21-25-10-6-4-7-11-25)39(23-26-14-15-27(35)22-31(26)36)33(41)24-40(29-12-8-5-9-13-29)45(43,44)30-18-16-28(37)17-19-30/h4-19,22,32H,2-3,20-21,23-24H2,1H3,(H,38,42)/t32-/m1/s1. The number of nitrogens with one attached hydrogen (secondary N) is 1. The zero-order valence-corrected chi connectivity index (χ0v) is 27.0. The molecule has 0 aliphatic heterocycles. The van der Waals surface area contributed by atoms with Crippen LogP contribution in [0.4, 0.5) is 10.1 Å². The molecule has 0 aliphatic carbocycles. The Morgan fingerprint density at radius 3 is 2.16 bits per heavy atom. The van der Waals surface area contributed by atoms with Gasteiger partial charge in [-0.3, -0.25) is 13.9 Å². The number of anilines is 1. The van der Waals surface area contributed by atoms with Gasteiger partial charge in [0.25, 0.3) is 10.0 Å². The number of hydrogen-bond donors (Lipinski definition) is 1. The fraction of sp³-hybridized carbons (Fsp3) is 0.235. The molecule has 0 aromatic heterocycles. The molecule has 4 rings (SSSR count). The predicted molar refractivity (Wildman–Crippen MR) is 176 cm³/mol. The number of hydrogen-bond acceptors (Lipinski definition) is 4. The van der Waals surface area contributed by atoms with Crippen LogP contribution in [0.2, 0.25) is 10.0 Å². The number of halogens is 3. The van der Waals surface area contributed by atoms with Crippen molar-refractivity contribution in [1.82, 2.24) is 10.2 Å². The molecule has 11 heteroatoms. The molecule has 1 N–H and O–H groups in total. The molecule has 0 radical (unpaired) electrons. The van der Waals surface area contributed by atoms with Crippen LogP contribution in [0.25, 0.3) is 0 Å². The Kier molecular flexibility index (Phi) is 12.0. The first-order valence-electron chi connectivity index (χ1n) is 14.5. The van der Waals surface area contributed by atoms with Crippen LogP contribution in [0.15, 0.2) is 108 Å². The minimum absolute atomic E-state index is 0.0905. The van der Waals surface area contributed by atoms with Gasteiger partial charge in [0, 0.05) is 29.6 Å². The van der Waals surface area contributed by atoms with Gasteiger partial charge in [0.05, 0.1) is 10.6 Å². The van der Waals surface area contributed by atoms with Crippen molar-refractivity contribution in [1.29, 1.82) is 0 Å². The van der Waals surface area contributed by atoms with Crippen molar-refractivity contribution in [2.45, 2.75) is 43.7 Å². The predicted octanol–water partition coefficient (Wildman–Crippen LogP) is 6.88. The SMILES string of the molecule is CCCCNC(=O)[C@@H](Cc1ccccc1)N(Cc1ccc(Cl)cc1Cl)C(=O)CN(c1ccccc1)S(=O)(=O)c1ccc(F)cc1. The molecule has 0 spiro atoms. The second kappa shape index (κ2) is 15.9. The number of carbonyl (C=O) groups excluding carboxylic acids is 2. The molecule has 0 saturated heterocycles. The highest BCUT2D eigenvalue weighted by Gasteiger charge is 2.34. The van der Waals surface area contributed by atoms with Gasteiger partial charge in [0.2, 0.25) is 11.8 Å². The van der Waals surface area contributed by atoms with Gasteiger partial charge in [0.15, 0.2) is 0 Å². The van der Waals surface area contributed by atoms with Crippen molar-refractivity contribution in [2.75, 3.05) is 17.4 Å². The molecule has 0 fully saturated rings. The van der Waals surface area contributed by atoms with Gasteiger partial charge in [-0.25, -0.2) is 12.8 Å². The smallest absolute Gasteiger partial charge is 0.264 e. The van der Waals surface area contributed by atoms with E-state index in [1.54, 1.807) is 48.5 Å². The summed E-state index contributed by atoms with van der Waals surface area (Å²) < 4.78 is 42.6. The topological polar surface area (TPSA) is 86.8 Å². The van der Waals surface area contributed by atoms with Crippen LogP contribution in [-0.4, -0.2) is 44.3 Å². The summed E-state index contributed by atoms with van der Waals surface area (Å²) in [5.74, 6) is -1.61. The fourth-order valence-electron chi connectivity index (χ4n) is 4.75. The van der Waals surface area contributed by atoms with Crippen LogP contribution in [0, 0.1) is 5.82 Å². The van der Waals surface area contributed by atoms with E-state index in [4.69, 9.17) is 23.2 Å². The first-order chi connectivity index (χ1) is 21.6. The molecule has 0 unspecified atom stereocenters. The van der Waals surface area contributed by atoms with Crippen LogP contribution < -0.4 is 9.62 Å². The Hall–Kier alpha value is -3.92. The van der Waals surface area contributed by atoms with E-state index >= 15 is 0 Å². The van der Waals surface area contributed by atoms with Gasteiger partial charge >= 0.3 is 0 Å². The molecule has 1 atom stereocenters. The van der Waals surface area contributed by atoms with E-state index in [0.717, 1.165) is 47.0 Å². The zero-order chi connectivity index (χ0) is 32.4. The lowest BCUT2D eigenvalue weighted by molar-refractivity contribution is -0.140. The zero-order valence-electron chi connectivity index (χ0n) is 24.7. The highest BCUT2D eigenvalue weighted by Crippen LogP contribution is 2.27. The van der Waals surface area contributed by atoms with Crippen molar-refractivity contribution in [3.8, 4) is 0 Å². The number of para-hydroxylation sites is 1. The van der Waals surface area contributed by atoms with Crippen molar-refractivity contribution in [3.05, 3.63) is 130 Å². The lowest BCUT2D eigenvalue weighted by Crippen LogP contribution is -2.53. The van der Waals surface area contributed by atoms with Crippen molar-refractivity contribution < 1.29 is 22.4 Å². The Morgan fingerprint density at radius 2 is 1.53 bits per heavy atom. The van der Waals surface area contributed by atoms with Crippen molar-refractivity contribution >= 4 is 50.7 Å². The van der Waals surface area contributed by atoms with E-state index in [9.17, 15) is 22.4 Å². The number of rotatable bonds is 14. The summed E-state index contributed by atoms with van der Waals surface area (Å²) in [5, 5.41) is 3.64. The summed E-state index contributed by atoms with van der Waals surface area (Å²) in [6.45, 7) is 1.69. The summed E-state index contributed by atoms with van der Waals surface area (Å²) in [6, 6.07) is 25.6. The summed E-state index contributed by atoms with van der Waals surface area (Å²) in [4.78, 5) is 29.4. The van der Waals surface area contributed by atoms with Crippen LogP contribution in [0.5, 0.6) is 0 Å². The maximum Gasteiger partial charge on any atom is 0.264 e. The molecule has 0 saturated carbocycles. The largest absolute Gasteiger partial charge is 0.354 e. The number of sulfonamides is 1. The van der Waals surface area contributed by atoms with Gasteiger partial charge in [-0.2, -0.15) is 0 Å². The van der Waals surface area contributed by atoms with Crippen LogP contribution in [0.3, 0.4) is 0 Å². The third kappa shape index (κ3) is 9.06. The Bertz CT molecular complexity index is 1690. The van der Waals surface area contributed by atoms with E-state index in [1.807, 2.05) is 37.3 Å². The fourth-order valence-corrected chi connectivity index (χ4v) is 6.63. The molecular formula is C34H34Cl2FN3O4S. The Morgan fingerprint density at radius 1 is 0.889 bits per heavy atom. The quantitative estimate of drug-likeness (QED) is 0.148. The van der Waals surface area contributed by atoms with Gasteiger partial charge in [0.1, 0.15) is 18.4 Å². The summed E-state index contributed by atoms with van der Waals surface area (Å²) >= 11 is 12.7. The van der Waals surface area contributed by atoms with E-state index in [2.05, 4.69) is 5.32 Å². The van der Waals surface area contributed by atoms with Crippen LogP contribution in [0.1, 0.15) is 30.9 Å². The second-order valence-corrected chi connectivity index (χ2v) is 13.1. The molecule has 45 heavy (non-hydrogen) atoms. The highest BCUT2D eigenvalue weighted by atomic mass is 35.5. The van der Waals surface area contributed by atoms with E-state index < -0.39 is 34.3 Å². The maximum atomic E-state index is 14.4. The van der Waals surface area contributed by atoms with Crippen molar-refractivity contribution in [2.24, 2.45) is 0 Å². The summed E-state index contributed by atoms with van der Waals surface area (Å²) in [7, 11) is -4.33. The minimum atomic E-state index is -4.33. The monoisotopic (exact) mass is 669 g/mol. The maximum absolute atomic E-state index is 14.4. The lowest BCUT2D eigenvalue weighted by Gasteiger charge is -2.34. The number of amides is 2. The van der Waals surface area contributed by atoms with Gasteiger partial charge < -0.3 is 10.2 Å². The second-order valence-electron chi connectivity index (χ2n) is 10.4. The van der Waals surface area contributed by atoms with Gasteiger partial charge in [-0.05, 0) is 66.1 Å². The molecule has 0 aliphatic rings.